The molecule has 20 heavy (non-hydrogen) atoms. The second-order valence-electron chi connectivity index (χ2n) is 5.58. The van der Waals surface area contributed by atoms with Crippen LogP contribution >= 0.6 is 0 Å². The Morgan fingerprint density at radius 1 is 1.45 bits per heavy atom. The van der Waals surface area contributed by atoms with Crippen LogP contribution in [0.4, 0.5) is 5.82 Å². The van der Waals surface area contributed by atoms with Gasteiger partial charge < -0.3 is 10.2 Å². The smallest absolute Gasteiger partial charge is 0.274 e. The Bertz CT molecular complexity index is 432. The van der Waals surface area contributed by atoms with Crippen LogP contribution in [0, 0.1) is 5.92 Å². The van der Waals surface area contributed by atoms with Crippen molar-refractivity contribution in [3.05, 3.63) is 17.8 Å². The van der Waals surface area contributed by atoms with Crippen LogP contribution in [-0.4, -0.2) is 40.6 Å². The first-order valence-corrected chi connectivity index (χ1v) is 7.57. The van der Waals surface area contributed by atoms with Crippen molar-refractivity contribution < 1.29 is 4.79 Å². The molecule has 0 saturated carbocycles. The predicted octanol–water partition coefficient (Wildman–Crippen LogP) is 2.56. The number of nitrogens with zero attached hydrogens (tertiary/aromatic N) is 3. The van der Waals surface area contributed by atoms with E-state index in [2.05, 4.69) is 29.4 Å². The van der Waals surface area contributed by atoms with Crippen molar-refractivity contribution >= 4 is 11.7 Å². The van der Waals surface area contributed by atoms with Gasteiger partial charge in [-0.25, -0.2) is 0 Å². The van der Waals surface area contributed by atoms with Crippen molar-refractivity contribution in [2.75, 3.05) is 25.0 Å². The third kappa shape index (κ3) is 3.92. The molecular weight excluding hydrogens is 252 g/mol. The molecule has 1 aromatic heterocycles. The van der Waals surface area contributed by atoms with Crippen molar-refractivity contribution in [1.82, 2.24) is 15.1 Å². The summed E-state index contributed by atoms with van der Waals surface area (Å²) in [7, 11) is 0. The highest BCUT2D eigenvalue weighted by Crippen LogP contribution is 2.17. The Balaban J connectivity index is 1.93. The summed E-state index contributed by atoms with van der Waals surface area (Å²) in [4.78, 5) is 14.2. The fourth-order valence-corrected chi connectivity index (χ4v) is 2.47. The van der Waals surface area contributed by atoms with E-state index in [-0.39, 0.29) is 5.91 Å². The summed E-state index contributed by atoms with van der Waals surface area (Å²) in [6.45, 7) is 6.89. The molecule has 2 heterocycles. The summed E-state index contributed by atoms with van der Waals surface area (Å²) in [5.74, 6) is 1.32. The van der Waals surface area contributed by atoms with E-state index in [1.807, 2.05) is 11.0 Å². The van der Waals surface area contributed by atoms with Gasteiger partial charge in [0.15, 0.2) is 5.69 Å². The zero-order valence-corrected chi connectivity index (χ0v) is 12.4. The van der Waals surface area contributed by atoms with E-state index >= 15 is 0 Å². The molecule has 0 spiro atoms. The molecule has 1 aromatic rings. The van der Waals surface area contributed by atoms with Gasteiger partial charge in [0.25, 0.3) is 5.91 Å². The lowest BCUT2D eigenvalue weighted by molar-refractivity contribution is 0.0676. The SMILES string of the molecule is CCCCNc1ccc(C(=O)N2CCCC(C)C2)nn1. The fourth-order valence-electron chi connectivity index (χ4n) is 2.47. The predicted molar refractivity (Wildman–Crippen MR) is 79.7 cm³/mol. The average Bonchev–Trinajstić information content (AvgIpc) is 2.47. The number of piperidine rings is 1. The van der Waals surface area contributed by atoms with Gasteiger partial charge >= 0.3 is 0 Å². The van der Waals surface area contributed by atoms with Crippen LogP contribution in [-0.2, 0) is 0 Å². The molecule has 1 fully saturated rings. The highest BCUT2D eigenvalue weighted by Gasteiger charge is 2.23. The minimum atomic E-state index is 0.00385. The highest BCUT2D eigenvalue weighted by molar-refractivity contribution is 5.92. The molecule has 0 aromatic carbocycles. The van der Waals surface area contributed by atoms with Gasteiger partial charge in [0.2, 0.25) is 0 Å². The lowest BCUT2D eigenvalue weighted by Crippen LogP contribution is -2.39. The lowest BCUT2D eigenvalue weighted by atomic mass is 10.00. The molecule has 1 N–H and O–H groups in total. The third-order valence-corrected chi connectivity index (χ3v) is 3.66. The van der Waals surface area contributed by atoms with Crippen molar-refractivity contribution in [3.63, 3.8) is 0 Å². The van der Waals surface area contributed by atoms with Gasteiger partial charge in [-0.3, -0.25) is 4.79 Å². The van der Waals surface area contributed by atoms with Crippen LogP contribution in [0.3, 0.4) is 0 Å². The van der Waals surface area contributed by atoms with E-state index in [0.29, 0.717) is 11.6 Å². The number of hydrogen-bond donors (Lipinski definition) is 1. The number of likely N-dealkylation sites (tertiary alicyclic amines) is 1. The van der Waals surface area contributed by atoms with Gasteiger partial charge in [-0.1, -0.05) is 20.3 Å². The van der Waals surface area contributed by atoms with Crippen LogP contribution in [0.2, 0.25) is 0 Å². The first kappa shape index (κ1) is 14.8. The molecule has 2 rings (SSSR count). The molecular formula is C15H24N4O. The molecule has 1 aliphatic heterocycles. The summed E-state index contributed by atoms with van der Waals surface area (Å²) in [6.07, 6.45) is 4.53. The molecule has 1 atom stereocenters. The van der Waals surface area contributed by atoms with Crippen molar-refractivity contribution in [1.29, 1.82) is 0 Å². The Labute approximate surface area is 120 Å². The summed E-state index contributed by atoms with van der Waals surface area (Å²) >= 11 is 0. The standard InChI is InChI=1S/C15H24N4O/c1-3-4-9-16-14-8-7-13(17-18-14)15(20)19-10-5-6-12(2)11-19/h7-8,12H,3-6,9-11H2,1-2H3,(H,16,18). The average molecular weight is 276 g/mol. The Morgan fingerprint density at radius 2 is 2.30 bits per heavy atom. The Morgan fingerprint density at radius 3 is 2.95 bits per heavy atom. The van der Waals surface area contributed by atoms with Crippen molar-refractivity contribution in [3.8, 4) is 0 Å². The molecule has 0 aliphatic carbocycles. The molecule has 110 valence electrons. The number of unbranched alkanes of at least 4 members (excludes halogenated alkanes) is 1. The summed E-state index contributed by atoms with van der Waals surface area (Å²) in [6, 6.07) is 3.60. The van der Waals surface area contributed by atoms with Gasteiger partial charge in [0.1, 0.15) is 5.82 Å². The van der Waals surface area contributed by atoms with E-state index in [1.54, 1.807) is 6.07 Å². The van der Waals surface area contributed by atoms with Crippen LogP contribution in [0.5, 0.6) is 0 Å². The number of rotatable bonds is 5. The molecule has 1 saturated heterocycles. The number of hydrogen-bond acceptors (Lipinski definition) is 4. The maximum atomic E-state index is 12.3. The summed E-state index contributed by atoms with van der Waals surface area (Å²) < 4.78 is 0. The molecule has 0 radical (unpaired) electrons. The zero-order valence-electron chi connectivity index (χ0n) is 12.4. The largest absolute Gasteiger partial charge is 0.369 e. The Kier molecular flexibility index (Phi) is 5.32. The number of carbonyl (C=O) groups is 1. The molecule has 1 aliphatic rings. The van der Waals surface area contributed by atoms with Gasteiger partial charge in [-0.2, -0.15) is 0 Å². The van der Waals surface area contributed by atoms with Crippen molar-refractivity contribution in [2.45, 2.75) is 39.5 Å². The molecule has 5 heteroatoms. The number of carbonyl (C=O) groups excluding carboxylic acids is 1. The highest BCUT2D eigenvalue weighted by atomic mass is 16.2. The van der Waals surface area contributed by atoms with E-state index in [9.17, 15) is 4.79 Å². The summed E-state index contributed by atoms with van der Waals surface area (Å²) in [5, 5.41) is 11.3. The summed E-state index contributed by atoms with van der Waals surface area (Å²) in [5.41, 5.74) is 0.445. The van der Waals surface area contributed by atoms with Crippen LogP contribution in [0.25, 0.3) is 0 Å². The van der Waals surface area contributed by atoms with Gasteiger partial charge in [-0.15, -0.1) is 10.2 Å². The van der Waals surface area contributed by atoms with Crippen LogP contribution in [0.15, 0.2) is 12.1 Å². The monoisotopic (exact) mass is 276 g/mol. The molecule has 0 bridgehead atoms. The van der Waals surface area contributed by atoms with Gasteiger partial charge in [-0.05, 0) is 37.3 Å². The normalized spacial score (nSPS) is 18.9. The minimum Gasteiger partial charge on any atom is -0.369 e. The number of amides is 1. The topological polar surface area (TPSA) is 58.1 Å². The fraction of sp³-hybridized carbons (Fsp3) is 0.667. The van der Waals surface area contributed by atoms with E-state index in [1.165, 1.54) is 6.42 Å². The first-order chi connectivity index (χ1) is 9.70. The quantitative estimate of drug-likeness (QED) is 0.840. The first-order valence-electron chi connectivity index (χ1n) is 7.57. The second kappa shape index (κ2) is 7.22. The second-order valence-corrected chi connectivity index (χ2v) is 5.58. The van der Waals surface area contributed by atoms with Crippen LogP contribution < -0.4 is 5.32 Å². The molecule has 1 unspecified atom stereocenters. The van der Waals surface area contributed by atoms with E-state index in [0.717, 1.165) is 44.7 Å². The Hall–Kier alpha value is -1.65. The van der Waals surface area contributed by atoms with Crippen molar-refractivity contribution in [2.24, 2.45) is 5.92 Å². The third-order valence-electron chi connectivity index (χ3n) is 3.66. The van der Waals surface area contributed by atoms with Gasteiger partial charge in [0.05, 0.1) is 0 Å². The number of aromatic nitrogens is 2. The zero-order chi connectivity index (χ0) is 14.4. The van der Waals surface area contributed by atoms with Crippen LogP contribution in [0.1, 0.15) is 50.0 Å². The molecule has 1 amide bonds. The van der Waals surface area contributed by atoms with E-state index < -0.39 is 0 Å². The lowest BCUT2D eigenvalue weighted by Gasteiger charge is -2.30. The maximum absolute atomic E-state index is 12.3. The minimum absolute atomic E-state index is 0.00385. The number of anilines is 1. The molecule has 5 nitrogen and oxygen atoms in total. The number of nitrogens with one attached hydrogen (secondary N) is 1. The van der Waals surface area contributed by atoms with Gasteiger partial charge in [0, 0.05) is 19.6 Å². The maximum Gasteiger partial charge on any atom is 0.274 e. The van der Waals surface area contributed by atoms with E-state index in [4.69, 9.17) is 0 Å².